The molecule has 3 rings (SSSR count). The Morgan fingerprint density at radius 1 is 0.900 bits per heavy atom. The van der Waals surface area contributed by atoms with Crippen molar-refractivity contribution in [2.45, 2.75) is 17.3 Å². The van der Waals surface area contributed by atoms with Crippen molar-refractivity contribution in [1.82, 2.24) is 0 Å². The minimum absolute atomic E-state index is 0.000199. The summed E-state index contributed by atoms with van der Waals surface area (Å²) in [6.45, 7) is 0.127. The highest BCUT2D eigenvalue weighted by Gasteiger charge is 2.15. The van der Waals surface area contributed by atoms with Gasteiger partial charge in [-0.25, -0.2) is 0 Å². The predicted molar refractivity (Wildman–Crippen MR) is 115 cm³/mol. The number of oxime groups is 1. The average Bonchev–Trinajstić information content (AvgIpc) is 2.76. The molecule has 8 nitrogen and oxygen atoms in total. The first-order valence-electron chi connectivity index (χ1n) is 8.87. The van der Waals surface area contributed by atoms with Crippen LogP contribution in [0.3, 0.4) is 0 Å². The van der Waals surface area contributed by atoms with Crippen LogP contribution in [-0.4, -0.2) is 16.1 Å². The Morgan fingerprint density at radius 3 is 2.30 bits per heavy atom. The molecule has 0 bridgehead atoms. The van der Waals surface area contributed by atoms with Crippen LogP contribution in [0.15, 0.2) is 82.8 Å². The number of rotatable bonds is 9. The Hall–Kier alpha value is -3.72. The maximum atomic E-state index is 11.4. The van der Waals surface area contributed by atoms with Crippen molar-refractivity contribution < 1.29 is 14.7 Å². The third kappa shape index (κ3) is 5.89. The van der Waals surface area contributed by atoms with Gasteiger partial charge in [-0.3, -0.25) is 20.2 Å². The van der Waals surface area contributed by atoms with Gasteiger partial charge < -0.3 is 4.84 Å². The molecule has 0 heterocycles. The van der Waals surface area contributed by atoms with Gasteiger partial charge in [-0.2, -0.15) is 0 Å². The summed E-state index contributed by atoms with van der Waals surface area (Å²) in [6.07, 6.45) is 1.39. The molecule has 0 saturated heterocycles. The minimum Gasteiger partial charge on any atom is -0.391 e. The van der Waals surface area contributed by atoms with Crippen molar-refractivity contribution in [1.29, 1.82) is 0 Å². The second-order valence-corrected chi connectivity index (χ2v) is 7.21. The number of nitro groups is 2. The molecule has 0 N–H and O–H groups in total. The van der Waals surface area contributed by atoms with E-state index in [-0.39, 0.29) is 18.0 Å². The smallest absolute Gasteiger partial charge is 0.283 e. The molecule has 0 aliphatic carbocycles. The van der Waals surface area contributed by atoms with Gasteiger partial charge in [0.05, 0.1) is 21.0 Å². The van der Waals surface area contributed by atoms with Crippen molar-refractivity contribution >= 4 is 29.4 Å². The molecule has 0 aliphatic heterocycles. The first-order valence-corrected chi connectivity index (χ1v) is 9.85. The molecule has 0 saturated carbocycles. The van der Waals surface area contributed by atoms with E-state index in [9.17, 15) is 20.2 Å². The zero-order chi connectivity index (χ0) is 21.3. The fraction of sp³-hybridized carbons (Fsp3) is 0.0952. The third-order valence-electron chi connectivity index (χ3n) is 4.07. The van der Waals surface area contributed by atoms with E-state index in [0.29, 0.717) is 16.2 Å². The van der Waals surface area contributed by atoms with Crippen LogP contribution < -0.4 is 0 Å². The van der Waals surface area contributed by atoms with E-state index in [1.54, 1.807) is 24.3 Å². The van der Waals surface area contributed by atoms with Crippen molar-refractivity contribution in [2.75, 3.05) is 0 Å². The average molecular weight is 423 g/mol. The van der Waals surface area contributed by atoms with Gasteiger partial charge in [0.2, 0.25) is 0 Å². The van der Waals surface area contributed by atoms with Gasteiger partial charge >= 0.3 is 0 Å². The lowest BCUT2D eigenvalue weighted by atomic mass is 10.2. The number of hydrogen-bond acceptors (Lipinski definition) is 7. The Morgan fingerprint density at radius 2 is 1.63 bits per heavy atom. The molecule has 3 aromatic rings. The van der Waals surface area contributed by atoms with Crippen LogP contribution in [0.1, 0.15) is 16.7 Å². The molecular formula is C21H17N3O5S. The zero-order valence-electron chi connectivity index (χ0n) is 15.7. The topological polar surface area (TPSA) is 108 Å². The quantitative estimate of drug-likeness (QED) is 0.199. The van der Waals surface area contributed by atoms with Gasteiger partial charge in [-0.1, -0.05) is 41.6 Å². The molecule has 0 unspecified atom stereocenters. The molecule has 0 aromatic heterocycles. The number of nitro benzene ring substituents is 2. The van der Waals surface area contributed by atoms with E-state index >= 15 is 0 Å². The predicted octanol–water partition coefficient (Wildman–Crippen LogP) is 5.35. The Balaban J connectivity index is 1.60. The van der Waals surface area contributed by atoms with Gasteiger partial charge in [-0.05, 0) is 29.3 Å². The molecule has 3 aromatic carbocycles. The Kier molecular flexibility index (Phi) is 7.12. The number of non-ortho nitro benzene ring substituents is 1. The molecule has 0 atom stereocenters. The van der Waals surface area contributed by atoms with E-state index in [1.807, 2.05) is 30.3 Å². The molecule has 30 heavy (non-hydrogen) atoms. The summed E-state index contributed by atoms with van der Waals surface area (Å²) in [5, 5.41) is 25.9. The van der Waals surface area contributed by atoms with Crippen LogP contribution in [0.4, 0.5) is 11.4 Å². The number of thioether (sulfide) groups is 1. The molecule has 0 amide bonds. The van der Waals surface area contributed by atoms with Crippen LogP contribution in [0.5, 0.6) is 0 Å². The molecule has 0 aliphatic rings. The van der Waals surface area contributed by atoms with E-state index in [0.717, 1.165) is 11.1 Å². The van der Waals surface area contributed by atoms with Crippen molar-refractivity contribution in [2.24, 2.45) is 5.16 Å². The van der Waals surface area contributed by atoms with Gasteiger partial charge in [0.1, 0.15) is 6.61 Å². The van der Waals surface area contributed by atoms with Crippen LogP contribution in [0.25, 0.3) is 0 Å². The van der Waals surface area contributed by atoms with Crippen molar-refractivity contribution in [3.63, 3.8) is 0 Å². The highest BCUT2D eigenvalue weighted by molar-refractivity contribution is 7.98. The summed E-state index contributed by atoms with van der Waals surface area (Å²) in [5.74, 6) is 0.632. The van der Waals surface area contributed by atoms with Gasteiger partial charge in [-0.15, -0.1) is 11.8 Å². The molecule has 152 valence electrons. The Bertz CT molecular complexity index is 1060. The normalized spacial score (nSPS) is 10.8. The fourth-order valence-corrected chi connectivity index (χ4v) is 3.50. The molecule has 0 spiro atoms. The fourth-order valence-electron chi connectivity index (χ4n) is 2.54. The maximum Gasteiger partial charge on any atom is 0.283 e. The second-order valence-electron chi connectivity index (χ2n) is 6.19. The standard InChI is InChI=1S/C21H17N3O5S/c25-23(26)19-9-6-16(7-10-19)14-29-22-13-18-8-11-21(20(12-18)24(27)28)30-15-17-4-2-1-3-5-17/h1-13H,14-15H2. The zero-order valence-corrected chi connectivity index (χ0v) is 16.5. The second kappa shape index (κ2) is 10.2. The van der Waals surface area contributed by atoms with Gasteiger partial charge in [0.25, 0.3) is 11.4 Å². The highest BCUT2D eigenvalue weighted by atomic mass is 32.2. The minimum atomic E-state index is -0.475. The van der Waals surface area contributed by atoms with E-state index in [2.05, 4.69) is 5.16 Å². The molecule has 9 heteroatoms. The number of nitrogens with zero attached hydrogens (tertiary/aromatic N) is 3. The van der Waals surface area contributed by atoms with Crippen LogP contribution in [-0.2, 0) is 17.2 Å². The SMILES string of the molecule is O=[N+]([O-])c1ccc(CON=Cc2ccc(SCc3ccccc3)c([N+](=O)[O-])c2)cc1. The van der Waals surface area contributed by atoms with Crippen LogP contribution in [0.2, 0.25) is 0 Å². The molecule has 0 fully saturated rings. The monoisotopic (exact) mass is 423 g/mol. The van der Waals surface area contributed by atoms with Crippen LogP contribution in [0, 0.1) is 20.2 Å². The van der Waals surface area contributed by atoms with Crippen molar-refractivity contribution in [3.8, 4) is 0 Å². The van der Waals surface area contributed by atoms with E-state index < -0.39 is 9.85 Å². The van der Waals surface area contributed by atoms with E-state index in [1.165, 1.54) is 36.2 Å². The highest BCUT2D eigenvalue weighted by Crippen LogP contribution is 2.32. The largest absolute Gasteiger partial charge is 0.391 e. The van der Waals surface area contributed by atoms with Gasteiger partial charge in [0, 0.05) is 29.5 Å². The summed E-state index contributed by atoms with van der Waals surface area (Å²) < 4.78 is 0. The van der Waals surface area contributed by atoms with Crippen LogP contribution >= 0.6 is 11.8 Å². The summed E-state index contributed by atoms with van der Waals surface area (Å²) in [5.41, 5.74) is 2.35. The third-order valence-corrected chi connectivity index (χ3v) is 5.21. The van der Waals surface area contributed by atoms with Gasteiger partial charge in [0.15, 0.2) is 0 Å². The first kappa shape index (κ1) is 21.0. The summed E-state index contributed by atoms with van der Waals surface area (Å²) >= 11 is 1.40. The Labute approximate surface area is 176 Å². The van der Waals surface area contributed by atoms with E-state index in [4.69, 9.17) is 4.84 Å². The summed E-state index contributed by atoms with van der Waals surface area (Å²) in [6, 6.07) is 20.6. The number of hydrogen-bond donors (Lipinski definition) is 0. The lowest BCUT2D eigenvalue weighted by molar-refractivity contribution is -0.387. The maximum absolute atomic E-state index is 11.4. The summed E-state index contributed by atoms with van der Waals surface area (Å²) in [7, 11) is 0. The lowest BCUT2D eigenvalue weighted by Crippen LogP contribution is -1.94. The summed E-state index contributed by atoms with van der Waals surface area (Å²) in [4.78, 5) is 27.0. The molecule has 0 radical (unpaired) electrons. The molecular weight excluding hydrogens is 406 g/mol. The van der Waals surface area contributed by atoms with Crippen molar-refractivity contribution in [3.05, 3.63) is 110 Å². The number of benzene rings is 3. The lowest BCUT2D eigenvalue weighted by Gasteiger charge is -2.04. The first-order chi connectivity index (χ1) is 14.5.